The monoisotopic (exact) mass is 307 g/mol. The van der Waals surface area contributed by atoms with E-state index in [2.05, 4.69) is 27.3 Å². The van der Waals surface area contributed by atoms with E-state index >= 15 is 0 Å². The van der Waals surface area contributed by atoms with E-state index in [1.165, 1.54) is 18.4 Å². The van der Waals surface area contributed by atoms with Crippen molar-refractivity contribution in [3.63, 3.8) is 0 Å². The number of halogens is 1. The van der Waals surface area contributed by atoms with Gasteiger partial charge in [0.1, 0.15) is 0 Å². The van der Waals surface area contributed by atoms with Gasteiger partial charge in [0, 0.05) is 17.4 Å². The van der Waals surface area contributed by atoms with Crippen molar-refractivity contribution in [1.82, 2.24) is 5.32 Å². The zero-order valence-electron chi connectivity index (χ0n) is 10.4. The fourth-order valence-corrected chi connectivity index (χ4v) is 2.63. The van der Waals surface area contributed by atoms with Gasteiger partial charge in [0.25, 0.3) is 0 Å². The van der Waals surface area contributed by atoms with Crippen LogP contribution in [0, 0.1) is 0 Å². The molecule has 0 aromatic heterocycles. The number of rotatable bonds is 4. The second-order valence-corrected chi connectivity index (χ2v) is 5.61. The Balaban J connectivity index is 1.79. The van der Waals surface area contributed by atoms with Crippen molar-refractivity contribution in [3.8, 4) is 0 Å². The highest BCUT2D eigenvalue weighted by molar-refractivity contribution is 9.10. The summed E-state index contributed by atoms with van der Waals surface area (Å²) in [6.07, 6.45) is 7.50. The van der Waals surface area contributed by atoms with E-state index in [9.17, 15) is 4.79 Å². The summed E-state index contributed by atoms with van der Waals surface area (Å²) < 4.78 is 1.05. The molecular weight excluding hydrogens is 290 g/mol. The Morgan fingerprint density at radius 2 is 2.22 bits per heavy atom. The number of carbonyl (C=O) groups excluding carboxylic acids is 1. The molecule has 3 heteroatoms. The average Bonchev–Trinajstić information content (AvgIpc) is 2.38. The smallest absolute Gasteiger partial charge is 0.224 e. The van der Waals surface area contributed by atoms with Crippen LogP contribution in [0.15, 0.2) is 40.4 Å². The molecule has 0 bridgehead atoms. The first-order valence-electron chi connectivity index (χ1n) is 6.43. The van der Waals surface area contributed by atoms with E-state index < -0.39 is 0 Å². The van der Waals surface area contributed by atoms with Crippen molar-refractivity contribution >= 4 is 21.8 Å². The largest absolute Gasteiger partial charge is 0.352 e. The predicted molar refractivity (Wildman–Crippen MR) is 77.2 cm³/mol. The van der Waals surface area contributed by atoms with Crippen molar-refractivity contribution in [2.45, 2.75) is 38.6 Å². The van der Waals surface area contributed by atoms with Gasteiger partial charge in [0.05, 0.1) is 0 Å². The Labute approximate surface area is 117 Å². The number of nitrogens with one attached hydrogen (secondary N) is 1. The third kappa shape index (κ3) is 4.30. The van der Waals surface area contributed by atoms with Gasteiger partial charge in [-0.1, -0.05) is 39.7 Å². The second kappa shape index (κ2) is 6.74. The number of amides is 1. The molecule has 0 saturated heterocycles. The molecule has 2 rings (SSSR count). The molecule has 0 heterocycles. The SMILES string of the molecule is O=C(CC1=CCCCC1)NCc1cccc(Br)c1. The van der Waals surface area contributed by atoms with Gasteiger partial charge in [-0.2, -0.15) is 0 Å². The van der Waals surface area contributed by atoms with Gasteiger partial charge in [-0.25, -0.2) is 0 Å². The standard InChI is InChI=1S/C15H18BrNO/c16-14-8-4-7-13(9-14)11-17-15(18)10-12-5-2-1-3-6-12/h4-5,7-9H,1-3,6,10-11H2,(H,17,18). The van der Waals surface area contributed by atoms with E-state index in [0.29, 0.717) is 13.0 Å². The maximum Gasteiger partial charge on any atom is 0.224 e. The highest BCUT2D eigenvalue weighted by Gasteiger charge is 2.08. The summed E-state index contributed by atoms with van der Waals surface area (Å²) >= 11 is 3.43. The number of hydrogen-bond donors (Lipinski definition) is 1. The van der Waals surface area contributed by atoms with Crippen molar-refractivity contribution in [2.24, 2.45) is 0 Å². The molecule has 2 nitrogen and oxygen atoms in total. The lowest BCUT2D eigenvalue weighted by molar-refractivity contribution is -0.120. The van der Waals surface area contributed by atoms with Crippen molar-refractivity contribution in [1.29, 1.82) is 0 Å². The normalized spacial score (nSPS) is 15.1. The molecule has 18 heavy (non-hydrogen) atoms. The van der Waals surface area contributed by atoms with Gasteiger partial charge >= 0.3 is 0 Å². The molecular formula is C15H18BrNO. The summed E-state index contributed by atoms with van der Waals surface area (Å²) in [6, 6.07) is 8.01. The van der Waals surface area contributed by atoms with Gasteiger partial charge in [-0.3, -0.25) is 4.79 Å². The van der Waals surface area contributed by atoms with Crippen LogP contribution < -0.4 is 5.32 Å². The fraction of sp³-hybridized carbons (Fsp3) is 0.400. The van der Waals surface area contributed by atoms with E-state index in [4.69, 9.17) is 0 Å². The molecule has 0 spiro atoms. The summed E-state index contributed by atoms with van der Waals surface area (Å²) in [5.74, 6) is 0.128. The molecule has 96 valence electrons. The highest BCUT2D eigenvalue weighted by Crippen LogP contribution is 2.19. The first-order valence-corrected chi connectivity index (χ1v) is 7.22. The first-order chi connectivity index (χ1) is 8.74. The van der Waals surface area contributed by atoms with Crippen LogP contribution >= 0.6 is 15.9 Å². The van der Waals surface area contributed by atoms with Gasteiger partial charge in [0.15, 0.2) is 0 Å². The number of benzene rings is 1. The van der Waals surface area contributed by atoms with Crippen LogP contribution in [0.1, 0.15) is 37.7 Å². The van der Waals surface area contributed by atoms with Crippen LogP contribution in [0.2, 0.25) is 0 Å². The molecule has 0 fully saturated rings. The van der Waals surface area contributed by atoms with Crippen LogP contribution in [0.4, 0.5) is 0 Å². The van der Waals surface area contributed by atoms with E-state index in [-0.39, 0.29) is 5.91 Å². The minimum Gasteiger partial charge on any atom is -0.352 e. The summed E-state index contributed by atoms with van der Waals surface area (Å²) in [5, 5.41) is 2.97. The average molecular weight is 308 g/mol. The molecule has 0 radical (unpaired) electrons. The van der Waals surface area contributed by atoms with Crippen LogP contribution in [-0.2, 0) is 11.3 Å². The molecule has 1 aromatic carbocycles. The Morgan fingerprint density at radius 1 is 1.33 bits per heavy atom. The first kappa shape index (κ1) is 13.3. The lowest BCUT2D eigenvalue weighted by atomic mass is 9.97. The molecule has 1 aromatic rings. The number of allylic oxidation sites excluding steroid dienone is 1. The second-order valence-electron chi connectivity index (χ2n) is 4.69. The van der Waals surface area contributed by atoms with Crippen LogP contribution in [0.25, 0.3) is 0 Å². The maximum atomic E-state index is 11.8. The lowest BCUT2D eigenvalue weighted by Crippen LogP contribution is -2.23. The van der Waals surface area contributed by atoms with E-state index in [1.54, 1.807) is 0 Å². The van der Waals surface area contributed by atoms with Crippen molar-refractivity contribution < 1.29 is 4.79 Å². The third-order valence-electron chi connectivity index (χ3n) is 3.15. The minimum atomic E-state index is 0.128. The fourth-order valence-electron chi connectivity index (χ4n) is 2.18. The van der Waals surface area contributed by atoms with Crippen molar-refractivity contribution in [3.05, 3.63) is 46.0 Å². The Hall–Kier alpha value is -1.09. The summed E-state index contributed by atoms with van der Waals surface area (Å²) in [5.41, 5.74) is 2.42. The quantitative estimate of drug-likeness (QED) is 0.838. The van der Waals surface area contributed by atoms with Gasteiger partial charge < -0.3 is 5.32 Å². The van der Waals surface area contributed by atoms with Crippen LogP contribution in [0.5, 0.6) is 0 Å². The maximum absolute atomic E-state index is 11.8. The van der Waals surface area contributed by atoms with Gasteiger partial charge in [-0.05, 0) is 43.4 Å². The molecule has 1 aliphatic rings. The molecule has 0 unspecified atom stereocenters. The summed E-state index contributed by atoms with van der Waals surface area (Å²) in [6.45, 7) is 0.603. The molecule has 1 aliphatic carbocycles. The van der Waals surface area contributed by atoms with Crippen LogP contribution in [0.3, 0.4) is 0 Å². The third-order valence-corrected chi connectivity index (χ3v) is 3.64. The zero-order chi connectivity index (χ0) is 12.8. The minimum absolute atomic E-state index is 0.128. The lowest BCUT2D eigenvalue weighted by Gasteiger charge is -2.12. The zero-order valence-corrected chi connectivity index (χ0v) is 12.0. The van der Waals surface area contributed by atoms with Gasteiger partial charge in [0.2, 0.25) is 5.91 Å². The Kier molecular flexibility index (Phi) is 5.00. The number of hydrogen-bond acceptors (Lipinski definition) is 1. The topological polar surface area (TPSA) is 29.1 Å². The van der Waals surface area contributed by atoms with E-state index in [1.807, 2.05) is 24.3 Å². The predicted octanol–water partition coefficient (Wildman–Crippen LogP) is 3.96. The summed E-state index contributed by atoms with van der Waals surface area (Å²) in [4.78, 5) is 11.8. The van der Waals surface area contributed by atoms with Crippen LogP contribution in [-0.4, -0.2) is 5.91 Å². The Morgan fingerprint density at radius 3 is 2.94 bits per heavy atom. The molecule has 1 amide bonds. The van der Waals surface area contributed by atoms with Gasteiger partial charge in [-0.15, -0.1) is 0 Å². The number of carbonyl (C=O) groups is 1. The molecule has 0 aliphatic heterocycles. The highest BCUT2D eigenvalue weighted by atomic mass is 79.9. The summed E-state index contributed by atoms with van der Waals surface area (Å²) in [7, 11) is 0. The Bertz CT molecular complexity index is 454. The molecule has 1 N–H and O–H groups in total. The van der Waals surface area contributed by atoms with E-state index in [0.717, 1.165) is 22.9 Å². The van der Waals surface area contributed by atoms with Crippen molar-refractivity contribution in [2.75, 3.05) is 0 Å². The molecule has 0 saturated carbocycles. The molecule has 0 atom stereocenters.